The van der Waals surface area contributed by atoms with Crippen molar-refractivity contribution in [1.29, 1.82) is 0 Å². The Morgan fingerprint density at radius 3 is 2.32 bits per heavy atom. The lowest BCUT2D eigenvalue weighted by Crippen LogP contribution is -2.33. The van der Waals surface area contributed by atoms with Crippen LogP contribution in [0.3, 0.4) is 0 Å². The van der Waals surface area contributed by atoms with Crippen molar-refractivity contribution in [3.8, 4) is 11.1 Å². The van der Waals surface area contributed by atoms with Crippen molar-refractivity contribution >= 4 is 23.2 Å². The predicted molar refractivity (Wildman–Crippen MR) is 145 cm³/mol. The molecule has 1 aliphatic heterocycles. The number of amides is 1. The third kappa shape index (κ3) is 6.06. The Morgan fingerprint density at radius 2 is 1.66 bits per heavy atom. The topological polar surface area (TPSA) is 58.1 Å². The van der Waals surface area contributed by atoms with Gasteiger partial charge in [-0.3, -0.25) is 14.7 Å². The molecule has 194 valence electrons. The zero-order valence-electron chi connectivity index (χ0n) is 20.9. The van der Waals surface area contributed by atoms with Crippen molar-refractivity contribution in [1.82, 2.24) is 14.9 Å². The van der Waals surface area contributed by atoms with Gasteiger partial charge < -0.3 is 5.32 Å². The van der Waals surface area contributed by atoms with Crippen LogP contribution in [0.4, 0.5) is 14.5 Å². The molecule has 8 heteroatoms. The van der Waals surface area contributed by atoms with E-state index in [1.54, 1.807) is 25.1 Å². The molecule has 1 fully saturated rings. The molecule has 5 nitrogen and oxygen atoms in total. The summed E-state index contributed by atoms with van der Waals surface area (Å²) in [6.45, 7) is 4.17. The quantitative estimate of drug-likeness (QED) is 0.271. The van der Waals surface area contributed by atoms with Crippen LogP contribution in [0, 0.1) is 18.6 Å². The lowest BCUT2D eigenvalue weighted by molar-refractivity contribution is 0.102. The molecule has 5 rings (SSSR count). The van der Waals surface area contributed by atoms with Crippen LogP contribution in [0.2, 0.25) is 5.15 Å². The lowest BCUT2D eigenvalue weighted by Gasteiger charge is -2.32. The molecule has 0 atom stereocenters. The molecular formula is C30H27ClF2N4O. The highest BCUT2D eigenvalue weighted by atomic mass is 35.5. The van der Waals surface area contributed by atoms with Crippen molar-refractivity contribution in [2.24, 2.45) is 0 Å². The standard InChI is InChI=1S/C30H27ClF2N4O/c1-19-26(33)17-27(36-30(38)24-10-13-34-28(31)16-24)29(35-19)23-11-14-37(15-12-23)18-20-2-4-21(5-3-20)22-6-8-25(32)9-7-22/h2-10,13,16-17,23H,11-12,14-15,18H2,1H3,(H,36,38). The normalized spacial score (nSPS) is 14.4. The van der Waals surface area contributed by atoms with Gasteiger partial charge in [0.15, 0.2) is 0 Å². The first-order chi connectivity index (χ1) is 18.4. The molecule has 0 unspecified atom stereocenters. The number of likely N-dealkylation sites (tertiary alicyclic amines) is 1. The van der Waals surface area contributed by atoms with Gasteiger partial charge in [-0.1, -0.05) is 48.0 Å². The molecule has 0 radical (unpaired) electrons. The zero-order valence-corrected chi connectivity index (χ0v) is 21.7. The summed E-state index contributed by atoms with van der Waals surface area (Å²) in [7, 11) is 0. The van der Waals surface area contributed by atoms with Crippen LogP contribution < -0.4 is 5.32 Å². The summed E-state index contributed by atoms with van der Waals surface area (Å²) in [6, 6.07) is 19.2. The number of hydrogen-bond donors (Lipinski definition) is 1. The van der Waals surface area contributed by atoms with Crippen molar-refractivity contribution in [2.75, 3.05) is 18.4 Å². The third-order valence-corrected chi connectivity index (χ3v) is 7.14. The van der Waals surface area contributed by atoms with Gasteiger partial charge in [0.25, 0.3) is 5.91 Å². The van der Waals surface area contributed by atoms with E-state index in [9.17, 15) is 13.6 Å². The number of piperidine rings is 1. The third-order valence-electron chi connectivity index (χ3n) is 6.93. The van der Waals surface area contributed by atoms with E-state index in [0.29, 0.717) is 22.6 Å². The minimum Gasteiger partial charge on any atom is -0.320 e. The van der Waals surface area contributed by atoms with E-state index < -0.39 is 5.82 Å². The Morgan fingerprint density at radius 1 is 1.00 bits per heavy atom. The van der Waals surface area contributed by atoms with E-state index in [-0.39, 0.29) is 22.8 Å². The van der Waals surface area contributed by atoms with Gasteiger partial charge in [-0.2, -0.15) is 0 Å². The number of carbonyl (C=O) groups excluding carboxylic acids is 1. The second kappa shape index (κ2) is 11.4. The number of nitrogens with one attached hydrogen (secondary N) is 1. The van der Waals surface area contributed by atoms with Gasteiger partial charge in [0.2, 0.25) is 0 Å². The first kappa shape index (κ1) is 25.9. The van der Waals surface area contributed by atoms with Crippen molar-refractivity contribution < 1.29 is 13.6 Å². The highest BCUT2D eigenvalue weighted by molar-refractivity contribution is 6.29. The van der Waals surface area contributed by atoms with E-state index in [0.717, 1.165) is 43.6 Å². The summed E-state index contributed by atoms with van der Waals surface area (Å²) in [5.41, 5.74) is 4.99. The van der Waals surface area contributed by atoms with Crippen LogP contribution in [0.15, 0.2) is 72.9 Å². The van der Waals surface area contributed by atoms with Crippen molar-refractivity contribution in [2.45, 2.75) is 32.2 Å². The summed E-state index contributed by atoms with van der Waals surface area (Å²) >= 11 is 5.92. The number of pyridine rings is 2. The van der Waals surface area contributed by atoms with Crippen LogP contribution in [-0.4, -0.2) is 33.9 Å². The Hall–Kier alpha value is -3.68. The molecular weight excluding hydrogens is 506 g/mol. The number of halogens is 3. The maximum absolute atomic E-state index is 14.4. The van der Waals surface area contributed by atoms with Crippen LogP contribution in [0.5, 0.6) is 0 Å². The predicted octanol–water partition coefficient (Wildman–Crippen LogP) is 7.02. The monoisotopic (exact) mass is 532 g/mol. The Balaban J connectivity index is 1.24. The van der Waals surface area contributed by atoms with E-state index >= 15 is 0 Å². The van der Waals surface area contributed by atoms with Crippen molar-refractivity contribution in [3.05, 3.63) is 112 Å². The minimum atomic E-state index is -0.460. The number of anilines is 1. The molecule has 2 aromatic heterocycles. The van der Waals surface area contributed by atoms with Crippen LogP contribution >= 0.6 is 11.6 Å². The van der Waals surface area contributed by atoms with Gasteiger partial charge in [0.05, 0.1) is 17.1 Å². The van der Waals surface area contributed by atoms with Gasteiger partial charge in [0.1, 0.15) is 16.8 Å². The maximum atomic E-state index is 14.4. The summed E-state index contributed by atoms with van der Waals surface area (Å²) < 4.78 is 27.6. The molecule has 38 heavy (non-hydrogen) atoms. The molecule has 1 aliphatic rings. The van der Waals surface area contributed by atoms with Gasteiger partial charge in [-0.15, -0.1) is 0 Å². The van der Waals surface area contributed by atoms with Gasteiger partial charge in [0, 0.05) is 30.3 Å². The fourth-order valence-corrected chi connectivity index (χ4v) is 4.99. The second-order valence-corrected chi connectivity index (χ2v) is 9.95. The second-order valence-electron chi connectivity index (χ2n) is 9.56. The van der Waals surface area contributed by atoms with Gasteiger partial charge >= 0.3 is 0 Å². The molecule has 1 N–H and O–H groups in total. The van der Waals surface area contributed by atoms with E-state index in [1.165, 1.54) is 36.0 Å². The average Bonchev–Trinajstić information content (AvgIpc) is 2.92. The Bertz CT molecular complexity index is 1440. The number of aryl methyl sites for hydroxylation is 1. The number of aromatic nitrogens is 2. The average molecular weight is 533 g/mol. The molecule has 0 aliphatic carbocycles. The highest BCUT2D eigenvalue weighted by Gasteiger charge is 2.26. The Kier molecular flexibility index (Phi) is 7.77. The van der Waals surface area contributed by atoms with Crippen LogP contribution in [0.25, 0.3) is 11.1 Å². The Labute approximate surface area is 225 Å². The highest BCUT2D eigenvalue weighted by Crippen LogP contribution is 2.33. The first-order valence-corrected chi connectivity index (χ1v) is 12.9. The number of hydrogen-bond acceptors (Lipinski definition) is 4. The fraction of sp³-hybridized carbons (Fsp3) is 0.233. The number of carbonyl (C=O) groups is 1. The molecule has 0 spiro atoms. The molecule has 0 bridgehead atoms. The summed E-state index contributed by atoms with van der Waals surface area (Å²) in [4.78, 5) is 23.6. The summed E-state index contributed by atoms with van der Waals surface area (Å²) in [6.07, 6.45) is 3.14. The van der Waals surface area contributed by atoms with Crippen LogP contribution in [0.1, 0.15) is 46.1 Å². The van der Waals surface area contributed by atoms with Crippen LogP contribution in [-0.2, 0) is 6.54 Å². The molecule has 1 saturated heterocycles. The van der Waals surface area contributed by atoms with Crippen molar-refractivity contribution in [3.63, 3.8) is 0 Å². The number of nitrogens with zero attached hydrogens (tertiary/aromatic N) is 3. The van der Waals surface area contributed by atoms with E-state index in [2.05, 4.69) is 44.5 Å². The summed E-state index contributed by atoms with van der Waals surface area (Å²) in [5.74, 6) is -0.990. The molecule has 4 aromatic rings. The smallest absolute Gasteiger partial charge is 0.255 e. The largest absolute Gasteiger partial charge is 0.320 e. The fourth-order valence-electron chi connectivity index (χ4n) is 4.82. The summed E-state index contributed by atoms with van der Waals surface area (Å²) in [5, 5.41) is 3.04. The minimum absolute atomic E-state index is 0.0998. The SMILES string of the molecule is Cc1nc(C2CCN(Cc3ccc(-c4ccc(F)cc4)cc3)CC2)c(NC(=O)c2ccnc(Cl)c2)cc1F. The maximum Gasteiger partial charge on any atom is 0.255 e. The molecule has 0 saturated carbocycles. The van der Waals surface area contributed by atoms with E-state index in [4.69, 9.17) is 11.6 Å². The molecule has 2 aromatic carbocycles. The lowest BCUT2D eigenvalue weighted by atomic mass is 9.91. The number of benzene rings is 2. The molecule has 3 heterocycles. The number of rotatable bonds is 6. The van der Waals surface area contributed by atoms with Gasteiger partial charge in [-0.25, -0.2) is 13.8 Å². The molecule has 1 amide bonds. The van der Waals surface area contributed by atoms with Gasteiger partial charge in [-0.05, 0) is 73.8 Å². The zero-order chi connectivity index (χ0) is 26.6. The first-order valence-electron chi connectivity index (χ1n) is 12.5. The van der Waals surface area contributed by atoms with E-state index in [1.807, 2.05) is 0 Å².